The van der Waals surface area contributed by atoms with E-state index in [2.05, 4.69) is 8.28 Å². The molecule has 2 aromatic rings. The molecule has 0 aliphatic carbocycles. The summed E-state index contributed by atoms with van der Waals surface area (Å²) >= 11 is 1.29. The summed E-state index contributed by atoms with van der Waals surface area (Å²) < 4.78 is 25.7. The van der Waals surface area contributed by atoms with Crippen LogP contribution in [0.4, 0.5) is 0 Å². The molecule has 0 spiro atoms. The predicted octanol–water partition coefficient (Wildman–Crippen LogP) is 6.36. The van der Waals surface area contributed by atoms with E-state index in [9.17, 15) is 14.4 Å². The van der Waals surface area contributed by atoms with E-state index in [-0.39, 0.29) is 0 Å². The van der Waals surface area contributed by atoms with Crippen molar-refractivity contribution in [1.82, 2.24) is 0 Å². The molecule has 2 aromatic carbocycles. The smallest absolute Gasteiger partial charge is 0.318 e. The standard InChI is InChI=1S/C12H13NO6P2S4/c13-20(14,18-24-22-11-7-3-1-4-8-11)17-21(15,16)19-25-23-12-9-5-2-6-10-12/h1-10H,(H2,13,14)(H,15,16). The topological polar surface area (TPSA) is 109 Å². The summed E-state index contributed by atoms with van der Waals surface area (Å²) in [6.07, 6.45) is 0. The Morgan fingerprint density at radius 1 is 0.800 bits per heavy atom. The zero-order chi connectivity index (χ0) is 18.2. The summed E-state index contributed by atoms with van der Waals surface area (Å²) in [5, 5.41) is 7.51. The van der Waals surface area contributed by atoms with Crippen LogP contribution in [-0.4, -0.2) is 9.79 Å². The van der Waals surface area contributed by atoms with Crippen LogP contribution in [-0.2, 0) is 16.8 Å². The molecule has 0 bridgehead atoms. The monoisotopic (exact) mass is 457 g/mol. The van der Waals surface area contributed by atoms with Crippen molar-refractivity contribution in [1.29, 1.82) is 5.16 Å². The van der Waals surface area contributed by atoms with Gasteiger partial charge < -0.3 is 9.79 Å². The first-order chi connectivity index (χ1) is 11.9. The molecule has 2 atom stereocenters. The van der Waals surface area contributed by atoms with E-state index >= 15 is 0 Å². The maximum Gasteiger partial charge on any atom is 0.492 e. The molecule has 25 heavy (non-hydrogen) atoms. The lowest BCUT2D eigenvalue weighted by Crippen LogP contribution is -1.89. The van der Waals surface area contributed by atoms with Crippen molar-refractivity contribution in [2.45, 2.75) is 9.79 Å². The highest BCUT2D eigenvalue weighted by atomic mass is 33.1. The second-order valence-corrected chi connectivity index (χ2v) is 11.3. The summed E-state index contributed by atoms with van der Waals surface area (Å²) in [5.41, 5.74) is 0. The molecule has 0 radical (unpaired) electrons. The van der Waals surface area contributed by atoms with Gasteiger partial charge in [-0.3, -0.25) is 0 Å². The van der Waals surface area contributed by atoms with Gasteiger partial charge in [0.1, 0.15) is 0 Å². The molecule has 0 saturated heterocycles. The second kappa shape index (κ2) is 10.4. The fourth-order valence-corrected chi connectivity index (χ4v) is 7.83. The summed E-state index contributed by atoms with van der Waals surface area (Å²) in [5.74, 6) is 0. The number of hydrogen-bond donors (Lipinski definition) is 3. The lowest BCUT2D eigenvalue weighted by atomic mass is 10.4. The number of hydrogen-bond acceptors (Lipinski definition) is 9. The van der Waals surface area contributed by atoms with Gasteiger partial charge in [0.25, 0.3) is 0 Å². The molecule has 0 amide bonds. The van der Waals surface area contributed by atoms with Crippen molar-refractivity contribution < 1.29 is 26.6 Å². The highest BCUT2D eigenvalue weighted by molar-refractivity contribution is 8.75. The van der Waals surface area contributed by atoms with Gasteiger partial charge in [0.05, 0.1) is 22.1 Å². The number of rotatable bonds is 10. The molecule has 2 unspecified atom stereocenters. The van der Waals surface area contributed by atoms with Crippen LogP contribution in [0.3, 0.4) is 0 Å². The maximum atomic E-state index is 11.8. The third-order valence-corrected chi connectivity index (χ3v) is 9.70. The first-order valence-corrected chi connectivity index (χ1v) is 13.7. The van der Waals surface area contributed by atoms with Gasteiger partial charge >= 0.3 is 15.6 Å². The quantitative estimate of drug-likeness (QED) is 0.212. The molecule has 136 valence electrons. The van der Waals surface area contributed by atoms with Crippen molar-refractivity contribution in [3.8, 4) is 0 Å². The minimum Gasteiger partial charge on any atom is -0.318 e. The van der Waals surface area contributed by atoms with Crippen LogP contribution in [0.1, 0.15) is 0 Å². The van der Waals surface area contributed by atoms with Crippen molar-refractivity contribution >= 4 is 59.3 Å². The Labute approximate surface area is 161 Å². The van der Waals surface area contributed by atoms with Crippen LogP contribution in [0.2, 0.25) is 0 Å². The van der Waals surface area contributed by atoms with E-state index < -0.39 is 15.6 Å². The Morgan fingerprint density at radius 3 is 1.72 bits per heavy atom. The van der Waals surface area contributed by atoms with Gasteiger partial charge in [-0.1, -0.05) is 36.4 Å². The first kappa shape index (κ1) is 21.4. The van der Waals surface area contributed by atoms with Crippen LogP contribution >= 0.6 is 59.3 Å². The van der Waals surface area contributed by atoms with Gasteiger partial charge in [0, 0.05) is 9.79 Å². The summed E-state index contributed by atoms with van der Waals surface area (Å²) in [7, 11) is -6.72. The van der Waals surface area contributed by atoms with Crippen molar-refractivity contribution in [2.75, 3.05) is 0 Å². The van der Waals surface area contributed by atoms with E-state index in [0.29, 0.717) is 22.1 Å². The van der Waals surface area contributed by atoms with Crippen LogP contribution in [0.15, 0.2) is 70.5 Å². The Balaban J connectivity index is 1.75. The SMILES string of the molecule is N=P(O)(OSSc1ccccc1)OP(=O)(O)OSSc1ccccc1. The second-order valence-electron chi connectivity index (χ2n) is 4.15. The molecular formula is C12H13NO6P2S4. The third-order valence-electron chi connectivity index (χ3n) is 2.22. The van der Waals surface area contributed by atoms with E-state index in [1.807, 2.05) is 36.4 Å². The molecule has 0 fully saturated rings. The molecule has 0 aliphatic rings. The fourth-order valence-electron chi connectivity index (χ4n) is 1.31. The maximum absolute atomic E-state index is 11.8. The zero-order valence-electron chi connectivity index (χ0n) is 12.3. The Hall–Kier alpha value is 0.1000. The Morgan fingerprint density at radius 2 is 1.24 bits per heavy atom. The van der Waals surface area contributed by atoms with E-state index in [0.717, 1.165) is 31.4 Å². The van der Waals surface area contributed by atoms with E-state index in [1.54, 1.807) is 24.3 Å². The van der Waals surface area contributed by atoms with Crippen LogP contribution in [0.5, 0.6) is 0 Å². The molecule has 2 rings (SSSR count). The van der Waals surface area contributed by atoms with Crippen molar-refractivity contribution in [2.24, 2.45) is 0 Å². The predicted molar refractivity (Wildman–Crippen MR) is 105 cm³/mol. The normalized spacial score (nSPS) is 16.1. The van der Waals surface area contributed by atoms with Gasteiger partial charge in [-0.2, -0.15) is 4.31 Å². The number of benzene rings is 2. The van der Waals surface area contributed by atoms with Gasteiger partial charge in [-0.05, 0) is 45.9 Å². The highest BCUT2D eigenvalue weighted by Gasteiger charge is 2.33. The van der Waals surface area contributed by atoms with Crippen molar-refractivity contribution in [3.05, 3.63) is 60.7 Å². The van der Waals surface area contributed by atoms with Gasteiger partial charge in [0.15, 0.2) is 0 Å². The molecule has 0 aromatic heterocycles. The average Bonchev–Trinajstić information content (AvgIpc) is 2.55. The van der Waals surface area contributed by atoms with Gasteiger partial charge in [-0.25, -0.2) is 17.7 Å². The third kappa shape index (κ3) is 9.03. The average molecular weight is 457 g/mol. The molecule has 13 heteroatoms. The molecule has 0 heterocycles. The summed E-state index contributed by atoms with van der Waals surface area (Å²) in [6.45, 7) is 0. The minimum absolute atomic E-state index is 0.609. The molecule has 0 saturated carbocycles. The first-order valence-electron chi connectivity index (χ1n) is 6.43. The molecule has 0 aliphatic heterocycles. The Kier molecular flexibility index (Phi) is 8.94. The number of phosphoric acid groups is 1. The fraction of sp³-hybridized carbons (Fsp3) is 0. The highest BCUT2D eigenvalue weighted by Crippen LogP contribution is 2.65. The summed E-state index contributed by atoms with van der Waals surface area (Å²) in [4.78, 5) is 20.9. The minimum atomic E-state index is -4.66. The Bertz CT molecular complexity index is 690. The lowest BCUT2D eigenvalue weighted by molar-refractivity contribution is 0.280. The van der Waals surface area contributed by atoms with Crippen LogP contribution in [0.25, 0.3) is 0 Å². The summed E-state index contributed by atoms with van der Waals surface area (Å²) in [6, 6.07) is 18.1. The zero-order valence-corrected chi connectivity index (χ0v) is 17.4. The van der Waals surface area contributed by atoms with E-state index in [1.165, 1.54) is 0 Å². The van der Waals surface area contributed by atoms with Crippen LogP contribution in [0, 0.1) is 5.16 Å². The van der Waals surface area contributed by atoms with Gasteiger partial charge in [0.2, 0.25) is 0 Å². The molecular weight excluding hydrogens is 444 g/mol. The van der Waals surface area contributed by atoms with E-state index in [4.69, 9.17) is 9.13 Å². The van der Waals surface area contributed by atoms with Crippen LogP contribution < -0.4 is 0 Å². The van der Waals surface area contributed by atoms with Gasteiger partial charge in [-0.15, -0.1) is 0 Å². The lowest BCUT2D eigenvalue weighted by Gasteiger charge is -2.16. The van der Waals surface area contributed by atoms with Crippen molar-refractivity contribution in [3.63, 3.8) is 0 Å². The number of nitrogens with one attached hydrogen (secondary N) is 1. The molecule has 7 nitrogen and oxygen atoms in total. The molecule has 3 N–H and O–H groups in total. The largest absolute Gasteiger partial charge is 0.492 e.